The van der Waals surface area contributed by atoms with Crippen LogP contribution in [0.4, 0.5) is 0 Å². The summed E-state index contributed by atoms with van der Waals surface area (Å²) in [4.78, 5) is 28.4. The van der Waals surface area contributed by atoms with E-state index in [0.717, 1.165) is 31.7 Å². The Labute approximate surface area is 195 Å². The third-order valence-corrected chi connectivity index (χ3v) is 6.86. The maximum atomic E-state index is 12.2. The van der Waals surface area contributed by atoms with Gasteiger partial charge in [-0.25, -0.2) is 0 Å². The Morgan fingerprint density at radius 3 is 2.10 bits per heavy atom. The first-order valence-corrected chi connectivity index (χ1v) is 11.0. The largest absolute Gasteiger partial charge is 0.353 e. The van der Waals surface area contributed by atoms with Crippen LogP contribution in [-0.2, 0) is 17.9 Å². The summed E-state index contributed by atoms with van der Waals surface area (Å²) in [6.45, 7) is 8.40. The number of halogens is 2. The first-order valence-electron chi connectivity index (χ1n) is 9.43. The molecule has 0 unspecified atom stereocenters. The number of aromatic nitrogens is 6. The lowest BCUT2D eigenvalue weighted by atomic mass is 10.4. The zero-order chi connectivity index (χ0) is 22.7. The molecule has 0 aromatic carbocycles. The van der Waals surface area contributed by atoms with E-state index in [1.54, 1.807) is 9.36 Å². The molecule has 13 heteroatoms. The Kier molecular flexibility index (Phi) is 7.26. The lowest BCUT2D eigenvalue weighted by Crippen LogP contribution is -2.36. The molecule has 166 valence electrons. The van der Waals surface area contributed by atoms with Gasteiger partial charge in [0.25, 0.3) is 0 Å². The molecule has 0 radical (unpaired) electrons. The minimum absolute atomic E-state index is 0.0989. The minimum atomic E-state index is -0.509. The highest BCUT2D eigenvalue weighted by molar-refractivity contribution is 9.10. The number of nitrogens with zero attached hydrogens (tertiary/aromatic N) is 6. The van der Waals surface area contributed by atoms with Crippen molar-refractivity contribution in [1.29, 1.82) is 0 Å². The summed E-state index contributed by atoms with van der Waals surface area (Å²) in [5.74, 6) is -0.518. The van der Waals surface area contributed by atoms with Crippen molar-refractivity contribution in [2.24, 2.45) is 0 Å². The van der Waals surface area contributed by atoms with Crippen molar-refractivity contribution >= 4 is 43.7 Å². The SMILES string of the molecule is Cc1nn(CC(=O)NCCNC(=O)c2nc(Cn3nc(C)c(Br)c3C)no2)c(C)c1Br. The molecule has 3 rings (SSSR count). The third-order valence-electron chi connectivity index (χ3n) is 4.57. The van der Waals surface area contributed by atoms with Gasteiger partial charge in [-0.05, 0) is 59.6 Å². The molecule has 0 aliphatic carbocycles. The van der Waals surface area contributed by atoms with E-state index in [2.05, 4.69) is 62.8 Å². The van der Waals surface area contributed by atoms with Gasteiger partial charge < -0.3 is 15.2 Å². The average Bonchev–Trinajstić information content (AvgIpc) is 3.36. The van der Waals surface area contributed by atoms with Crippen molar-refractivity contribution in [3.05, 3.63) is 43.4 Å². The smallest absolute Gasteiger partial charge is 0.316 e. The normalized spacial score (nSPS) is 11.0. The first kappa shape index (κ1) is 23.1. The van der Waals surface area contributed by atoms with E-state index in [0.29, 0.717) is 5.82 Å². The van der Waals surface area contributed by atoms with E-state index in [4.69, 9.17) is 4.52 Å². The molecule has 0 saturated heterocycles. The molecule has 31 heavy (non-hydrogen) atoms. The Morgan fingerprint density at radius 1 is 0.935 bits per heavy atom. The number of amides is 2. The minimum Gasteiger partial charge on any atom is -0.353 e. The zero-order valence-electron chi connectivity index (χ0n) is 17.5. The number of carbonyl (C=O) groups excluding carboxylic acids is 2. The zero-order valence-corrected chi connectivity index (χ0v) is 20.7. The number of hydrogen-bond donors (Lipinski definition) is 2. The van der Waals surface area contributed by atoms with E-state index < -0.39 is 5.91 Å². The molecule has 0 fully saturated rings. The van der Waals surface area contributed by atoms with Crippen LogP contribution in [0, 0.1) is 27.7 Å². The van der Waals surface area contributed by atoms with Gasteiger partial charge >= 0.3 is 11.8 Å². The van der Waals surface area contributed by atoms with E-state index >= 15 is 0 Å². The van der Waals surface area contributed by atoms with Crippen molar-refractivity contribution in [2.75, 3.05) is 13.1 Å². The van der Waals surface area contributed by atoms with Gasteiger partial charge in [0.15, 0.2) is 5.82 Å². The number of aryl methyl sites for hydroxylation is 2. The lowest BCUT2D eigenvalue weighted by molar-refractivity contribution is -0.121. The highest BCUT2D eigenvalue weighted by Gasteiger charge is 2.17. The fourth-order valence-corrected chi connectivity index (χ4v) is 3.42. The molecular weight excluding hydrogens is 536 g/mol. The van der Waals surface area contributed by atoms with Crippen molar-refractivity contribution in [1.82, 2.24) is 40.3 Å². The topological polar surface area (TPSA) is 133 Å². The lowest BCUT2D eigenvalue weighted by Gasteiger charge is -2.07. The van der Waals surface area contributed by atoms with Gasteiger partial charge in [-0.3, -0.25) is 19.0 Å². The van der Waals surface area contributed by atoms with Crippen LogP contribution in [0.25, 0.3) is 0 Å². The van der Waals surface area contributed by atoms with Crippen LogP contribution in [0.5, 0.6) is 0 Å². The molecule has 0 atom stereocenters. The van der Waals surface area contributed by atoms with Crippen LogP contribution >= 0.6 is 31.9 Å². The van der Waals surface area contributed by atoms with E-state index in [1.165, 1.54) is 0 Å². The standard InChI is InChI=1S/C18H22Br2N8O3/c1-9-15(19)11(3)27(24-9)7-13-23-18(31-26-13)17(30)22-6-5-21-14(29)8-28-12(4)16(20)10(2)25-28/h5-8H2,1-4H3,(H,21,29)(H,22,30). The van der Waals surface area contributed by atoms with Gasteiger partial charge in [0.05, 0.1) is 31.7 Å². The number of carbonyl (C=O) groups is 2. The predicted molar refractivity (Wildman–Crippen MR) is 118 cm³/mol. The summed E-state index contributed by atoms with van der Waals surface area (Å²) in [5, 5.41) is 17.9. The van der Waals surface area contributed by atoms with Gasteiger partial charge in [0, 0.05) is 13.1 Å². The number of hydrogen-bond acceptors (Lipinski definition) is 7. The molecule has 3 aromatic heterocycles. The molecule has 3 aromatic rings. The summed E-state index contributed by atoms with van der Waals surface area (Å²) < 4.78 is 10.2. The second-order valence-electron chi connectivity index (χ2n) is 6.91. The quantitative estimate of drug-likeness (QED) is 0.403. The molecule has 0 bridgehead atoms. The molecule has 0 saturated carbocycles. The van der Waals surface area contributed by atoms with Gasteiger partial charge in [-0.1, -0.05) is 5.16 Å². The molecule has 0 aliphatic heterocycles. The predicted octanol–water partition coefficient (Wildman–Crippen LogP) is 1.82. The average molecular weight is 558 g/mol. The fourth-order valence-electron chi connectivity index (χ4n) is 2.85. The van der Waals surface area contributed by atoms with Crippen LogP contribution in [-0.4, -0.2) is 54.6 Å². The maximum Gasteiger partial charge on any atom is 0.316 e. The highest BCUT2D eigenvalue weighted by atomic mass is 79.9. The summed E-state index contributed by atoms with van der Waals surface area (Å²) in [5.41, 5.74) is 3.48. The summed E-state index contributed by atoms with van der Waals surface area (Å²) in [6, 6.07) is 0. The van der Waals surface area contributed by atoms with Crippen LogP contribution in [0.3, 0.4) is 0 Å². The second-order valence-corrected chi connectivity index (χ2v) is 8.49. The Morgan fingerprint density at radius 2 is 1.52 bits per heavy atom. The van der Waals surface area contributed by atoms with Crippen molar-refractivity contribution in [2.45, 2.75) is 40.8 Å². The summed E-state index contributed by atoms with van der Waals surface area (Å²) in [6.07, 6.45) is 0. The number of rotatable bonds is 8. The van der Waals surface area contributed by atoms with Crippen LogP contribution in [0.15, 0.2) is 13.5 Å². The Balaban J connectivity index is 1.44. The number of nitrogens with one attached hydrogen (secondary N) is 2. The van der Waals surface area contributed by atoms with E-state index in [-0.39, 0.29) is 38.0 Å². The van der Waals surface area contributed by atoms with Gasteiger partial charge in [-0.2, -0.15) is 15.2 Å². The Hall–Kier alpha value is -2.54. The second kappa shape index (κ2) is 9.73. The summed E-state index contributed by atoms with van der Waals surface area (Å²) >= 11 is 6.89. The fraction of sp³-hybridized carbons (Fsp3) is 0.444. The van der Waals surface area contributed by atoms with Gasteiger partial charge in [-0.15, -0.1) is 0 Å². The van der Waals surface area contributed by atoms with Crippen LogP contribution in [0.1, 0.15) is 39.3 Å². The molecule has 11 nitrogen and oxygen atoms in total. The van der Waals surface area contributed by atoms with Crippen LogP contribution in [0.2, 0.25) is 0 Å². The van der Waals surface area contributed by atoms with Crippen molar-refractivity contribution in [3.63, 3.8) is 0 Å². The van der Waals surface area contributed by atoms with Crippen LogP contribution < -0.4 is 10.6 Å². The molecule has 2 amide bonds. The molecular formula is C18H22Br2N8O3. The molecule has 0 aliphatic rings. The molecule has 3 heterocycles. The molecule has 2 N–H and O–H groups in total. The molecule has 0 spiro atoms. The van der Waals surface area contributed by atoms with Crippen molar-refractivity contribution in [3.8, 4) is 0 Å². The Bertz CT molecular complexity index is 1120. The van der Waals surface area contributed by atoms with Gasteiger partial charge in [0.1, 0.15) is 13.1 Å². The monoisotopic (exact) mass is 556 g/mol. The maximum absolute atomic E-state index is 12.2. The van der Waals surface area contributed by atoms with Crippen molar-refractivity contribution < 1.29 is 14.1 Å². The highest BCUT2D eigenvalue weighted by Crippen LogP contribution is 2.20. The van der Waals surface area contributed by atoms with E-state index in [9.17, 15) is 9.59 Å². The van der Waals surface area contributed by atoms with Gasteiger partial charge in [0.2, 0.25) is 5.91 Å². The van der Waals surface area contributed by atoms with E-state index in [1.807, 2.05) is 27.7 Å². The summed E-state index contributed by atoms with van der Waals surface area (Å²) in [7, 11) is 0. The first-order chi connectivity index (χ1) is 14.7. The third kappa shape index (κ3) is 5.39.